The summed E-state index contributed by atoms with van der Waals surface area (Å²) < 4.78 is 69.4. The van der Waals surface area contributed by atoms with E-state index in [1.165, 1.54) is 24.3 Å². The van der Waals surface area contributed by atoms with Crippen LogP contribution in [0.5, 0.6) is 11.6 Å². The zero-order chi connectivity index (χ0) is 21.9. The predicted molar refractivity (Wildman–Crippen MR) is 103 cm³/mol. The van der Waals surface area contributed by atoms with Gasteiger partial charge in [-0.05, 0) is 50.2 Å². The molecule has 12 heteroatoms. The molecule has 0 unspecified atom stereocenters. The van der Waals surface area contributed by atoms with E-state index in [-0.39, 0.29) is 11.6 Å². The topological polar surface area (TPSA) is 99.0 Å². The number of halogens is 3. The van der Waals surface area contributed by atoms with Crippen molar-refractivity contribution in [2.45, 2.75) is 26.4 Å². The molecule has 160 valence electrons. The highest BCUT2D eigenvalue weighted by molar-refractivity contribution is 7.92. The molecular weight excluding hydrogens is 423 g/mol. The van der Waals surface area contributed by atoms with Gasteiger partial charge in [0, 0.05) is 17.4 Å². The van der Waals surface area contributed by atoms with Gasteiger partial charge >= 0.3 is 6.18 Å². The van der Waals surface area contributed by atoms with Gasteiger partial charge in [0.25, 0.3) is 0 Å². The fourth-order valence-corrected chi connectivity index (χ4v) is 3.63. The third-order valence-corrected chi connectivity index (χ3v) is 5.15. The Morgan fingerprint density at radius 2 is 1.77 bits per heavy atom. The van der Waals surface area contributed by atoms with Crippen molar-refractivity contribution in [3.8, 4) is 17.4 Å². The van der Waals surface area contributed by atoms with Crippen LogP contribution in [0.25, 0.3) is 5.82 Å². The first-order chi connectivity index (χ1) is 14.0. The van der Waals surface area contributed by atoms with Crippen LogP contribution in [-0.2, 0) is 10.0 Å². The smallest absolute Gasteiger partial charge is 0.390 e. The second kappa shape index (κ2) is 8.30. The molecule has 0 aliphatic heterocycles. The molecule has 0 bridgehead atoms. The Kier molecular flexibility index (Phi) is 5.97. The van der Waals surface area contributed by atoms with E-state index in [9.17, 15) is 21.6 Å². The summed E-state index contributed by atoms with van der Waals surface area (Å²) in [4.78, 5) is 0. The molecule has 3 rings (SSSR count). The van der Waals surface area contributed by atoms with Gasteiger partial charge in [-0.25, -0.2) is 13.1 Å². The molecule has 0 saturated heterocycles. The summed E-state index contributed by atoms with van der Waals surface area (Å²) in [5.41, 5.74) is 1.88. The molecular formula is C18H18F3N5O3S. The van der Waals surface area contributed by atoms with Crippen molar-refractivity contribution in [2.24, 2.45) is 0 Å². The second-order valence-electron chi connectivity index (χ2n) is 6.48. The van der Waals surface area contributed by atoms with Crippen molar-refractivity contribution in [3.63, 3.8) is 0 Å². The number of anilines is 1. The molecule has 2 heterocycles. The first kappa shape index (κ1) is 21.6. The number of sulfonamides is 1. The molecule has 0 aliphatic rings. The van der Waals surface area contributed by atoms with Crippen LogP contribution in [0.15, 0.2) is 42.5 Å². The quantitative estimate of drug-likeness (QED) is 0.599. The molecule has 0 fully saturated rings. The summed E-state index contributed by atoms with van der Waals surface area (Å²) in [7, 11) is -4.11. The Labute approximate surface area is 170 Å². The summed E-state index contributed by atoms with van der Waals surface area (Å²) in [5, 5.41) is 12.4. The monoisotopic (exact) mass is 441 g/mol. The Balaban J connectivity index is 1.62. The van der Waals surface area contributed by atoms with E-state index in [2.05, 4.69) is 20.0 Å². The van der Waals surface area contributed by atoms with Gasteiger partial charge in [-0.15, -0.1) is 10.2 Å². The lowest BCUT2D eigenvalue weighted by Gasteiger charge is -2.10. The minimum Gasteiger partial charge on any atom is -0.438 e. The number of nitrogens with one attached hydrogen (secondary N) is 1. The average Bonchev–Trinajstić information content (AvgIpc) is 3.00. The van der Waals surface area contributed by atoms with E-state index >= 15 is 0 Å². The van der Waals surface area contributed by atoms with E-state index in [0.717, 1.165) is 11.4 Å². The summed E-state index contributed by atoms with van der Waals surface area (Å²) in [6, 6.07) is 10.9. The fourth-order valence-electron chi connectivity index (χ4n) is 2.53. The molecule has 0 amide bonds. The number of benzene rings is 1. The fraction of sp³-hybridized carbons (Fsp3) is 0.278. The maximum absolute atomic E-state index is 12.2. The van der Waals surface area contributed by atoms with Gasteiger partial charge < -0.3 is 4.74 Å². The molecule has 0 spiro atoms. The lowest BCUT2D eigenvalue weighted by molar-refractivity contribution is -0.129. The molecule has 0 aliphatic carbocycles. The highest BCUT2D eigenvalue weighted by Gasteiger charge is 2.29. The van der Waals surface area contributed by atoms with Crippen molar-refractivity contribution < 1.29 is 26.3 Å². The molecule has 30 heavy (non-hydrogen) atoms. The van der Waals surface area contributed by atoms with Gasteiger partial charge in [-0.1, -0.05) is 0 Å². The van der Waals surface area contributed by atoms with Crippen molar-refractivity contribution >= 4 is 15.7 Å². The van der Waals surface area contributed by atoms with Crippen LogP contribution in [0.2, 0.25) is 0 Å². The summed E-state index contributed by atoms with van der Waals surface area (Å²) in [6.07, 6.45) is -5.96. The van der Waals surface area contributed by atoms with Crippen LogP contribution in [-0.4, -0.2) is 40.3 Å². The van der Waals surface area contributed by atoms with Gasteiger partial charge in [0.1, 0.15) is 5.75 Å². The summed E-state index contributed by atoms with van der Waals surface area (Å²) in [5.74, 6) is 0.0307. The van der Waals surface area contributed by atoms with Crippen molar-refractivity contribution in [1.82, 2.24) is 20.0 Å². The number of hydrogen-bond acceptors (Lipinski definition) is 6. The second-order valence-corrected chi connectivity index (χ2v) is 8.32. The van der Waals surface area contributed by atoms with Crippen LogP contribution in [0.1, 0.15) is 17.8 Å². The van der Waals surface area contributed by atoms with Crippen LogP contribution in [0.4, 0.5) is 18.9 Å². The van der Waals surface area contributed by atoms with E-state index in [1.54, 1.807) is 16.8 Å². The molecule has 1 aromatic carbocycles. The van der Waals surface area contributed by atoms with Crippen LogP contribution in [0.3, 0.4) is 0 Å². The number of aryl methyl sites for hydroxylation is 2. The standard InChI is InChI=1S/C18H18F3N5O3S/c1-12-11-13(2)26(24-12)16-7-8-17(23-22-16)29-15-5-3-14(4-6-15)25-30(27,28)10-9-18(19,20)21/h3-8,11,25H,9-10H2,1-2H3. The third-order valence-electron chi connectivity index (χ3n) is 3.86. The Morgan fingerprint density at radius 3 is 2.30 bits per heavy atom. The highest BCUT2D eigenvalue weighted by atomic mass is 32.2. The number of hydrogen-bond donors (Lipinski definition) is 1. The Morgan fingerprint density at radius 1 is 1.07 bits per heavy atom. The van der Waals surface area contributed by atoms with Crippen molar-refractivity contribution in [1.29, 1.82) is 0 Å². The Hall–Kier alpha value is -3.15. The summed E-state index contributed by atoms with van der Waals surface area (Å²) in [6.45, 7) is 3.76. The number of ether oxygens (including phenoxy) is 1. The van der Waals surface area contributed by atoms with Gasteiger partial charge in [0.2, 0.25) is 15.9 Å². The number of alkyl halides is 3. The van der Waals surface area contributed by atoms with Crippen LogP contribution in [0, 0.1) is 13.8 Å². The van der Waals surface area contributed by atoms with E-state index in [0.29, 0.717) is 11.6 Å². The van der Waals surface area contributed by atoms with E-state index < -0.39 is 28.4 Å². The van der Waals surface area contributed by atoms with Gasteiger partial charge in [0.05, 0.1) is 17.9 Å². The van der Waals surface area contributed by atoms with Crippen molar-refractivity contribution in [2.75, 3.05) is 10.5 Å². The number of aromatic nitrogens is 4. The lowest BCUT2D eigenvalue weighted by Crippen LogP contribution is -2.21. The van der Waals surface area contributed by atoms with E-state index in [1.807, 2.05) is 19.9 Å². The van der Waals surface area contributed by atoms with Crippen LogP contribution < -0.4 is 9.46 Å². The van der Waals surface area contributed by atoms with Crippen molar-refractivity contribution in [3.05, 3.63) is 53.9 Å². The molecule has 1 N–H and O–H groups in total. The van der Waals surface area contributed by atoms with Gasteiger partial charge in [-0.2, -0.15) is 18.3 Å². The average molecular weight is 441 g/mol. The molecule has 3 aromatic rings. The first-order valence-electron chi connectivity index (χ1n) is 8.73. The molecule has 8 nitrogen and oxygen atoms in total. The maximum Gasteiger partial charge on any atom is 0.390 e. The zero-order valence-electron chi connectivity index (χ0n) is 16.0. The lowest BCUT2D eigenvalue weighted by atomic mass is 10.3. The maximum atomic E-state index is 12.2. The van der Waals surface area contributed by atoms with Gasteiger partial charge in [-0.3, -0.25) is 4.72 Å². The largest absolute Gasteiger partial charge is 0.438 e. The van der Waals surface area contributed by atoms with E-state index in [4.69, 9.17) is 4.74 Å². The first-order valence-corrected chi connectivity index (χ1v) is 10.4. The molecule has 2 aromatic heterocycles. The minimum atomic E-state index is -4.54. The predicted octanol–water partition coefficient (Wildman–Crippen LogP) is 3.77. The number of rotatable bonds is 7. The highest BCUT2D eigenvalue weighted by Crippen LogP contribution is 2.24. The SMILES string of the molecule is Cc1cc(C)n(-c2ccc(Oc3ccc(NS(=O)(=O)CCC(F)(F)F)cc3)nn2)n1. The van der Waals surface area contributed by atoms with Crippen LogP contribution >= 0.6 is 0 Å². The Bertz CT molecular complexity index is 1110. The molecule has 0 radical (unpaired) electrons. The molecule has 0 atom stereocenters. The minimum absolute atomic E-state index is 0.121. The third kappa shape index (κ3) is 5.92. The zero-order valence-corrected chi connectivity index (χ0v) is 16.8. The normalized spacial score (nSPS) is 12.0. The van der Waals surface area contributed by atoms with Gasteiger partial charge in [0.15, 0.2) is 5.82 Å². The molecule has 0 saturated carbocycles. The number of nitrogens with zero attached hydrogens (tertiary/aromatic N) is 4. The summed E-state index contributed by atoms with van der Waals surface area (Å²) >= 11 is 0.